The van der Waals surface area contributed by atoms with Crippen LogP contribution in [0.25, 0.3) is 22.6 Å². The highest BCUT2D eigenvalue weighted by atomic mass is 79.9. The van der Waals surface area contributed by atoms with Gasteiger partial charge in [0.25, 0.3) is 0 Å². The third kappa shape index (κ3) is 3.66. The third-order valence-corrected chi connectivity index (χ3v) is 8.05. The number of primary amides is 1. The molecule has 2 fully saturated rings. The summed E-state index contributed by atoms with van der Waals surface area (Å²) in [5, 5.41) is 4.26. The zero-order valence-corrected chi connectivity index (χ0v) is 20.6. The van der Waals surface area contributed by atoms with Gasteiger partial charge in [-0.2, -0.15) is 0 Å². The number of hydrogen-bond donors (Lipinski definition) is 3. The van der Waals surface area contributed by atoms with Crippen LogP contribution in [0.15, 0.2) is 41.0 Å². The highest BCUT2D eigenvalue weighted by molar-refractivity contribution is 9.10. The van der Waals surface area contributed by atoms with Gasteiger partial charge in [0, 0.05) is 30.9 Å². The number of nitrogens with zero attached hydrogens (tertiary/aromatic N) is 3. The van der Waals surface area contributed by atoms with Crippen molar-refractivity contribution in [2.45, 2.75) is 12.5 Å². The average Bonchev–Trinajstić information content (AvgIpc) is 3.56. The van der Waals surface area contributed by atoms with Gasteiger partial charge in [0.1, 0.15) is 11.3 Å². The Hall–Kier alpha value is -2.62. The molecule has 176 valence electrons. The summed E-state index contributed by atoms with van der Waals surface area (Å²) in [5.74, 6) is 0.639. The Kier molecular flexibility index (Phi) is 5.50. The number of nitrogens with two attached hydrogens (primary N) is 1. The molecule has 1 saturated carbocycles. The van der Waals surface area contributed by atoms with Crippen molar-refractivity contribution in [3.05, 3.63) is 46.0 Å². The number of morpholine rings is 1. The molecule has 10 heteroatoms. The number of benzene rings is 1. The van der Waals surface area contributed by atoms with Crippen molar-refractivity contribution in [3.63, 3.8) is 0 Å². The number of imidazole rings is 1. The van der Waals surface area contributed by atoms with E-state index in [4.69, 9.17) is 27.1 Å². The number of pyridine rings is 1. The Labute approximate surface area is 210 Å². The number of ether oxygens (including phenoxy) is 1. The van der Waals surface area contributed by atoms with Crippen LogP contribution in [0.4, 0.5) is 11.4 Å². The molecule has 0 radical (unpaired) electrons. The first kappa shape index (κ1) is 21.9. The minimum Gasteiger partial charge on any atom is -0.378 e. The Morgan fingerprint density at radius 2 is 2.06 bits per heavy atom. The monoisotopic (exact) mass is 542 g/mol. The van der Waals surface area contributed by atoms with Crippen LogP contribution in [0.5, 0.6) is 0 Å². The van der Waals surface area contributed by atoms with Crippen molar-refractivity contribution in [2.75, 3.05) is 36.5 Å². The molecule has 4 N–H and O–H groups in total. The molecule has 8 nitrogen and oxygen atoms in total. The predicted octanol–water partition coefficient (Wildman–Crippen LogP) is 3.97. The lowest BCUT2D eigenvalue weighted by atomic mass is 9.88. The second kappa shape index (κ2) is 8.55. The molecule has 2 aromatic heterocycles. The second-order valence-electron chi connectivity index (χ2n) is 9.08. The molecule has 3 aromatic rings. The van der Waals surface area contributed by atoms with E-state index in [1.807, 2.05) is 18.2 Å². The van der Waals surface area contributed by atoms with Gasteiger partial charge in [-0.3, -0.25) is 4.79 Å². The van der Waals surface area contributed by atoms with Gasteiger partial charge in [0.2, 0.25) is 5.91 Å². The summed E-state index contributed by atoms with van der Waals surface area (Å²) >= 11 is 10.3. The third-order valence-electron chi connectivity index (χ3n) is 7.15. The van der Waals surface area contributed by atoms with Crippen LogP contribution in [0.1, 0.15) is 6.42 Å². The van der Waals surface area contributed by atoms with Crippen molar-refractivity contribution in [3.8, 4) is 11.4 Å². The van der Waals surface area contributed by atoms with E-state index in [9.17, 15) is 4.79 Å². The number of anilines is 2. The molecule has 3 aliphatic rings. The fourth-order valence-electron chi connectivity index (χ4n) is 5.50. The molecule has 4 atom stereocenters. The number of aromatic amines is 1. The van der Waals surface area contributed by atoms with Crippen LogP contribution in [-0.2, 0) is 9.53 Å². The SMILES string of the molecule is NC(=O)[C@@H]1[C@H](Nc2c(Br)cnc3nc(-c4ccc(N5CCOCC5)c(Cl)c4)[nH]c23)[C@@H]2C=C[C@@H]1C2. The molecule has 2 aliphatic carbocycles. The van der Waals surface area contributed by atoms with E-state index in [2.05, 4.69) is 48.3 Å². The summed E-state index contributed by atoms with van der Waals surface area (Å²) < 4.78 is 6.24. The summed E-state index contributed by atoms with van der Waals surface area (Å²) in [4.78, 5) is 27.0. The first-order valence-corrected chi connectivity index (χ1v) is 12.6. The number of fused-ring (bicyclic) bond motifs is 3. The van der Waals surface area contributed by atoms with Gasteiger partial charge in [-0.25, -0.2) is 9.97 Å². The Morgan fingerprint density at radius 3 is 2.82 bits per heavy atom. The van der Waals surface area contributed by atoms with Crippen molar-refractivity contribution in [1.29, 1.82) is 0 Å². The van der Waals surface area contributed by atoms with Crippen LogP contribution in [0, 0.1) is 17.8 Å². The molecule has 0 unspecified atom stereocenters. The van der Waals surface area contributed by atoms with Gasteiger partial charge in [0.15, 0.2) is 5.65 Å². The van der Waals surface area contributed by atoms with E-state index >= 15 is 0 Å². The van der Waals surface area contributed by atoms with E-state index in [0.717, 1.165) is 46.4 Å². The standard InChI is InChI=1S/C24H24BrClN6O2/c25-15-11-28-24-21(20(15)29-19-13-2-1-12(9-13)18(19)22(27)33)30-23(31-24)14-3-4-17(16(26)10-14)32-5-7-34-8-6-32/h1-4,10-13,18-19H,5-9H2,(H2,27,33)(H2,28,29,30,31)/t12-,13-,18+,19-/m1/s1. The summed E-state index contributed by atoms with van der Waals surface area (Å²) in [6.07, 6.45) is 6.98. The maximum atomic E-state index is 12.2. The summed E-state index contributed by atoms with van der Waals surface area (Å²) in [7, 11) is 0. The summed E-state index contributed by atoms with van der Waals surface area (Å²) in [5.41, 5.74) is 9.82. The van der Waals surface area contributed by atoms with Gasteiger partial charge in [0.05, 0.1) is 40.0 Å². The minimum atomic E-state index is -0.268. The molecule has 1 aromatic carbocycles. The second-order valence-corrected chi connectivity index (χ2v) is 10.3. The molecule has 2 bridgehead atoms. The Bertz CT molecular complexity index is 1300. The average molecular weight is 544 g/mol. The zero-order valence-electron chi connectivity index (χ0n) is 18.3. The van der Waals surface area contributed by atoms with Crippen LogP contribution in [0.2, 0.25) is 5.02 Å². The van der Waals surface area contributed by atoms with Crippen molar-refractivity contribution in [1.82, 2.24) is 15.0 Å². The van der Waals surface area contributed by atoms with E-state index < -0.39 is 0 Å². The lowest BCUT2D eigenvalue weighted by Crippen LogP contribution is -2.41. The van der Waals surface area contributed by atoms with E-state index in [-0.39, 0.29) is 29.7 Å². The normalized spacial score (nSPS) is 25.9. The number of allylic oxidation sites excluding steroid dienone is 1. The Morgan fingerprint density at radius 1 is 1.26 bits per heavy atom. The minimum absolute atomic E-state index is 0.0663. The molecule has 0 spiro atoms. The van der Waals surface area contributed by atoms with E-state index in [0.29, 0.717) is 29.7 Å². The number of rotatable bonds is 5. The van der Waals surface area contributed by atoms with Gasteiger partial charge < -0.3 is 25.7 Å². The summed E-state index contributed by atoms with van der Waals surface area (Å²) in [6.45, 7) is 3.04. The number of H-pyrrole nitrogens is 1. The van der Waals surface area contributed by atoms with Gasteiger partial charge in [-0.05, 0) is 52.4 Å². The first-order chi connectivity index (χ1) is 16.5. The number of aromatic nitrogens is 3. The smallest absolute Gasteiger partial charge is 0.223 e. The van der Waals surface area contributed by atoms with Crippen LogP contribution < -0.4 is 16.0 Å². The van der Waals surface area contributed by atoms with Crippen LogP contribution in [0.3, 0.4) is 0 Å². The van der Waals surface area contributed by atoms with Gasteiger partial charge >= 0.3 is 0 Å². The van der Waals surface area contributed by atoms with Crippen LogP contribution >= 0.6 is 27.5 Å². The van der Waals surface area contributed by atoms with Crippen molar-refractivity contribution in [2.24, 2.45) is 23.5 Å². The maximum absolute atomic E-state index is 12.2. The number of carbonyl (C=O) groups is 1. The molecule has 6 rings (SSSR count). The number of amides is 1. The Balaban J connectivity index is 1.34. The number of carbonyl (C=O) groups excluding carboxylic acids is 1. The topological polar surface area (TPSA) is 109 Å². The molecular weight excluding hydrogens is 520 g/mol. The van der Waals surface area contributed by atoms with E-state index in [1.165, 1.54) is 0 Å². The quantitative estimate of drug-likeness (QED) is 0.420. The lowest BCUT2D eigenvalue weighted by molar-refractivity contribution is -0.122. The lowest BCUT2D eigenvalue weighted by Gasteiger charge is -2.29. The van der Waals surface area contributed by atoms with Crippen molar-refractivity contribution >= 4 is 56.0 Å². The first-order valence-electron chi connectivity index (χ1n) is 11.4. The molecular formula is C24H24BrClN6O2. The highest BCUT2D eigenvalue weighted by Gasteiger charge is 2.47. The highest BCUT2D eigenvalue weighted by Crippen LogP contribution is 2.46. The van der Waals surface area contributed by atoms with Crippen LogP contribution in [-0.4, -0.2) is 53.2 Å². The summed E-state index contributed by atoms with van der Waals surface area (Å²) in [6, 6.07) is 5.90. The van der Waals surface area contributed by atoms with Gasteiger partial charge in [-0.1, -0.05) is 23.8 Å². The molecule has 3 heterocycles. The number of nitrogens with one attached hydrogen (secondary N) is 2. The maximum Gasteiger partial charge on any atom is 0.223 e. The molecule has 1 amide bonds. The molecule has 1 aliphatic heterocycles. The number of hydrogen-bond acceptors (Lipinski definition) is 6. The largest absolute Gasteiger partial charge is 0.378 e. The fourth-order valence-corrected chi connectivity index (χ4v) is 6.21. The van der Waals surface area contributed by atoms with E-state index in [1.54, 1.807) is 6.20 Å². The predicted molar refractivity (Wildman–Crippen MR) is 136 cm³/mol. The zero-order chi connectivity index (χ0) is 23.4. The van der Waals surface area contributed by atoms with Gasteiger partial charge in [-0.15, -0.1) is 0 Å². The molecule has 1 saturated heterocycles. The molecule has 34 heavy (non-hydrogen) atoms. The van der Waals surface area contributed by atoms with Crippen molar-refractivity contribution < 1.29 is 9.53 Å². The fraction of sp³-hybridized carbons (Fsp3) is 0.375. The number of halogens is 2.